The van der Waals surface area contributed by atoms with Gasteiger partial charge in [-0.15, -0.1) is 10.2 Å². The number of hydrogen-bond acceptors (Lipinski definition) is 8. The maximum Gasteiger partial charge on any atom is 0.251 e. The van der Waals surface area contributed by atoms with Crippen LogP contribution in [0.5, 0.6) is 5.75 Å². The first-order valence-electron chi connectivity index (χ1n) is 7.10. The third-order valence-corrected chi connectivity index (χ3v) is 4.77. The fraction of sp³-hybridized carbons (Fsp3) is 0.133. The van der Waals surface area contributed by atoms with Gasteiger partial charge in [0, 0.05) is 17.8 Å². The summed E-state index contributed by atoms with van der Waals surface area (Å²) in [6.07, 6.45) is 1.39. The van der Waals surface area contributed by atoms with E-state index < -0.39 is 0 Å². The molecule has 3 aromatic rings. The topological polar surface area (TPSA) is 110 Å². The second-order valence-corrected chi connectivity index (χ2v) is 6.66. The molecule has 0 unspecified atom stereocenters. The van der Waals surface area contributed by atoms with Gasteiger partial charge in [0.15, 0.2) is 5.16 Å². The molecule has 2 heterocycles. The largest absolute Gasteiger partial charge is 0.497 e. The van der Waals surface area contributed by atoms with Crippen LogP contribution in [-0.4, -0.2) is 38.9 Å². The molecule has 0 aliphatic heterocycles. The van der Waals surface area contributed by atoms with Crippen LogP contribution in [0.25, 0.3) is 10.6 Å². The zero-order chi connectivity index (χ0) is 17.6. The molecule has 3 rings (SSSR count). The maximum absolute atomic E-state index is 12.0. The van der Waals surface area contributed by atoms with E-state index >= 15 is 0 Å². The van der Waals surface area contributed by atoms with Gasteiger partial charge in [-0.25, -0.2) is 4.98 Å². The van der Waals surface area contributed by atoms with Crippen molar-refractivity contribution in [3.8, 4) is 16.3 Å². The van der Waals surface area contributed by atoms with E-state index in [4.69, 9.17) is 4.74 Å². The third-order valence-electron chi connectivity index (χ3n) is 3.00. The number of nitrogens with one attached hydrogen (secondary N) is 2. The maximum atomic E-state index is 12.0. The van der Waals surface area contributed by atoms with Crippen LogP contribution in [0.15, 0.2) is 46.5 Å². The van der Waals surface area contributed by atoms with E-state index in [-0.39, 0.29) is 17.2 Å². The predicted molar refractivity (Wildman–Crippen MR) is 96.1 cm³/mol. The van der Waals surface area contributed by atoms with Crippen molar-refractivity contribution in [2.75, 3.05) is 18.2 Å². The van der Waals surface area contributed by atoms with Gasteiger partial charge in [-0.2, -0.15) is 0 Å². The minimum Gasteiger partial charge on any atom is -0.497 e. The summed E-state index contributed by atoms with van der Waals surface area (Å²) in [5.41, 5.74) is 0.630. The van der Waals surface area contributed by atoms with Crippen LogP contribution < -0.4 is 15.6 Å². The molecule has 10 heteroatoms. The first-order valence-corrected chi connectivity index (χ1v) is 8.90. The number of aromatic nitrogens is 4. The smallest absolute Gasteiger partial charge is 0.251 e. The van der Waals surface area contributed by atoms with Gasteiger partial charge in [0.05, 0.1) is 12.9 Å². The fourth-order valence-corrected chi connectivity index (χ4v) is 3.25. The Morgan fingerprint density at radius 3 is 2.80 bits per heavy atom. The van der Waals surface area contributed by atoms with Gasteiger partial charge in [-0.05, 0) is 24.3 Å². The molecule has 0 saturated carbocycles. The number of methoxy groups -OCH3 is 1. The van der Waals surface area contributed by atoms with E-state index in [2.05, 4.69) is 25.5 Å². The van der Waals surface area contributed by atoms with Crippen molar-refractivity contribution in [1.82, 2.24) is 20.2 Å². The monoisotopic (exact) mass is 375 g/mol. The van der Waals surface area contributed by atoms with Gasteiger partial charge in [0.1, 0.15) is 10.8 Å². The van der Waals surface area contributed by atoms with Crippen molar-refractivity contribution in [3.63, 3.8) is 0 Å². The number of anilines is 1. The molecule has 1 amide bonds. The molecule has 0 fully saturated rings. The summed E-state index contributed by atoms with van der Waals surface area (Å²) >= 11 is 2.41. The zero-order valence-electron chi connectivity index (χ0n) is 13.1. The highest BCUT2D eigenvalue weighted by Gasteiger charge is 2.11. The molecule has 2 aromatic heterocycles. The summed E-state index contributed by atoms with van der Waals surface area (Å²) in [7, 11) is 1.60. The van der Waals surface area contributed by atoms with E-state index in [1.165, 1.54) is 23.6 Å². The predicted octanol–water partition coefficient (Wildman–Crippen LogP) is 2.03. The van der Waals surface area contributed by atoms with E-state index in [0.717, 1.165) is 23.1 Å². The number of carbonyl (C=O) groups is 1. The number of nitrogens with zero attached hydrogens (tertiary/aromatic N) is 3. The van der Waals surface area contributed by atoms with E-state index in [1.807, 2.05) is 24.3 Å². The first kappa shape index (κ1) is 17.1. The number of aromatic amines is 1. The molecule has 2 N–H and O–H groups in total. The summed E-state index contributed by atoms with van der Waals surface area (Å²) in [6, 6.07) is 8.72. The number of ether oxygens (including phenoxy) is 1. The Morgan fingerprint density at radius 2 is 2.08 bits per heavy atom. The molecule has 8 nitrogen and oxygen atoms in total. The van der Waals surface area contributed by atoms with Crippen LogP contribution in [0, 0.1) is 0 Å². The Balaban J connectivity index is 1.58. The number of benzene rings is 1. The quantitative estimate of drug-likeness (QED) is 0.501. The molecule has 0 radical (unpaired) electrons. The molecule has 1 aromatic carbocycles. The summed E-state index contributed by atoms with van der Waals surface area (Å²) in [6.45, 7) is 0. The van der Waals surface area contributed by atoms with E-state index in [1.54, 1.807) is 7.11 Å². The van der Waals surface area contributed by atoms with Crippen LogP contribution in [0.4, 0.5) is 5.13 Å². The van der Waals surface area contributed by atoms with Crippen molar-refractivity contribution in [2.45, 2.75) is 5.16 Å². The summed E-state index contributed by atoms with van der Waals surface area (Å²) < 4.78 is 5.11. The number of hydrogen-bond donors (Lipinski definition) is 2. The average Bonchev–Trinajstić information content (AvgIpc) is 3.08. The number of amides is 1. The summed E-state index contributed by atoms with van der Waals surface area (Å²) in [4.78, 5) is 29.7. The van der Waals surface area contributed by atoms with Gasteiger partial charge < -0.3 is 9.72 Å². The normalized spacial score (nSPS) is 10.4. The van der Waals surface area contributed by atoms with Gasteiger partial charge in [0.2, 0.25) is 11.0 Å². The number of thioether (sulfide) groups is 1. The Labute approximate surface area is 150 Å². The number of carbonyl (C=O) groups excluding carboxylic acids is 1. The number of rotatable bonds is 6. The highest BCUT2D eigenvalue weighted by atomic mass is 32.2. The van der Waals surface area contributed by atoms with E-state index in [9.17, 15) is 9.59 Å². The molecule has 0 spiro atoms. The van der Waals surface area contributed by atoms with Gasteiger partial charge in [-0.3, -0.25) is 14.9 Å². The summed E-state index contributed by atoms with van der Waals surface area (Å²) in [5, 5.41) is 12.2. The van der Waals surface area contributed by atoms with Crippen LogP contribution in [-0.2, 0) is 4.79 Å². The Bertz CT molecular complexity index is 923. The highest BCUT2D eigenvalue weighted by molar-refractivity contribution is 7.99. The molecule has 0 bridgehead atoms. The van der Waals surface area contributed by atoms with Crippen molar-refractivity contribution < 1.29 is 9.53 Å². The molecule has 25 heavy (non-hydrogen) atoms. The van der Waals surface area contributed by atoms with Gasteiger partial charge >= 0.3 is 0 Å². The zero-order valence-corrected chi connectivity index (χ0v) is 14.7. The van der Waals surface area contributed by atoms with Crippen LogP contribution >= 0.6 is 23.1 Å². The van der Waals surface area contributed by atoms with E-state index in [0.29, 0.717) is 15.3 Å². The van der Waals surface area contributed by atoms with Crippen LogP contribution in [0.3, 0.4) is 0 Å². The molecule has 0 aliphatic rings. The lowest BCUT2D eigenvalue weighted by molar-refractivity contribution is -0.113. The third kappa shape index (κ3) is 4.64. The van der Waals surface area contributed by atoms with Gasteiger partial charge in [-0.1, -0.05) is 23.1 Å². The molecule has 128 valence electrons. The number of H-pyrrole nitrogens is 1. The van der Waals surface area contributed by atoms with Crippen LogP contribution in [0.2, 0.25) is 0 Å². The second kappa shape index (κ2) is 7.90. The second-order valence-electron chi connectivity index (χ2n) is 4.72. The molecular weight excluding hydrogens is 362 g/mol. The SMILES string of the molecule is COc1ccc(-c2nnc(NC(=O)CSc3nccc(=O)[nH]3)s2)cc1. The Kier molecular flexibility index (Phi) is 5.41. The minimum absolute atomic E-state index is 0.102. The Morgan fingerprint density at radius 1 is 1.28 bits per heavy atom. The fourth-order valence-electron chi connectivity index (χ4n) is 1.84. The standard InChI is InChI=1S/C15H13N5O3S2/c1-23-10-4-2-9(3-5-10)13-19-20-15(25-13)18-12(22)8-24-14-16-7-6-11(21)17-14/h2-7H,8H2,1H3,(H,16,17,21)(H,18,20,22). The summed E-state index contributed by atoms with van der Waals surface area (Å²) in [5.74, 6) is 0.602. The average molecular weight is 375 g/mol. The molecule has 0 aliphatic carbocycles. The van der Waals surface area contributed by atoms with Crippen molar-refractivity contribution >= 4 is 34.1 Å². The lowest BCUT2D eigenvalue weighted by Crippen LogP contribution is -2.15. The lowest BCUT2D eigenvalue weighted by Gasteiger charge is -2.01. The highest BCUT2D eigenvalue weighted by Crippen LogP contribution is 2.27. The Hall–Kier alpha value is -2.72. The first-order chi connectivity index (χ1) is 12.1. The molecule has 0 saturated heterocycles. The van der Waals surface area contributed by atoms with Crippen LogP contribution in [0.1, 0.15) is 0 Å². The minimum atomic E-state index is -0.258. The lowest BCUT2D eigenvalue weighted by atomic mass is 10.2. The van der Waals surface area contributed by atoms with Crippen molar-refractivity contribution in [2.24, 2.45) is 0 Å². The van der Waals surface area contributed by atoms with Crippen molar-refractivity contribution in [3.05, 3.63) is 46.9 Å². The molecular formula is C15H13N5O3S2. The molecule has 0 atom stereocenters. The van der Waals surface area contributed by atoms with Crippen molar-refractivity contribution in [1.29, 1.82) is 0 Å². The van der Waals surface area contributed by atoms with Gasteiger partial charge in [0.25, 0.3) is 5.56 Å².